The molecule has 2 saturated carbocycles. The summed E-state index contributed by atoms with van der Waals surface area (Å²) >= 11 is 0. The lowest BCUT2D eigenvalue weighted by molar-refractivity contribution is -0.128. The Balaban J connectivity index is 1.37. The Hall–Kier alpha value is -2.09. The van der Waals surface area contributed by atoms with Gasteiger partial charge in [-0.2, -0.15) is 0 Å². The van der Waals surface area contributed by atoms with Crippen LogP contribution >= 0.6 is 0 Å². The molecular formula is C28H33NO. The number of fused-ring (bicyclic) bond motifs is 6. The number of carbonyl (C=O) groups excluding carboxylic acids is 1. The first-order chi connectivity index (χ1) is 14.4. The van der Waals surface area contributed by atoms with E-state index in [4.69, 9.17) is 0 Å². The maximum absolute atomic E-state index is 12.7. The minimum atomic E-state index is 0.108. The van der Waals surface area contributed by atoms with Crippen molar-refractivity contribution in [3.05, 3.63) is 54.3 Å². The third-order valence-corrected chi connectivity index (χ3v) is 9.64. The quantitative estimate of drug-likeness (QED) is 0.480. The minimum Gasteiger partial charge on any atom is -0.320 e. The number of para-hydroxylation sites is 1. The summed E-state index contributed by atoms with van der Waals surface area (Å²) in [7, 11) is 0. The molecule has 6 rings (SSSR count). The Morgan fingerprint density at radius 1 is 1.00 bits per heavy atom. The fourth-order valence-corrected chi connectivity index (χ4v) is 7.91. The summed E-state index contributed by atoms with van der Waals surface area (Å²) in [4.78, 5) is 12.7. The normalized spacial score (nSPS) is 40.4. The smallest absolute Gasteiger partial charge is 0.136 e. The van der Waals surface area contributed by atoms with E-state index in [0.29, 0.717) is 23.5 Å². The van der Waals surface area contributed by atoms with E-state index in [0.717, 1.165) is 12.8 Å². The highest BCUT2D eigenvalue weighted by Gasteiger charge is 2.57. The molecule has 0 bridgehead atoms. The Labute approximate surface area is 180 Å². The van der Waals surface area contributed by atoms with Gasteiger partial charge < -0.3 is 4.57 Å². The average molecular weight is 400 g/mol. The van der Waals surface area contributed by atoms with Crippen LogP contribution in [0, 0.1) is 34.5 Å². The zero-order chi connectivity index (χ0) is 20.7. The SMILES string of the molecule is C[C@@H]1CC2=CCC3C(CC[C@]4(C)C(n5ccc6ccccc65)=CCC34)[C@@]2(C)CC1=O. The van der Waals surface area contributed by atoms with Crippen molar-refractivity contribution in [3.8, 4) is 0 Å². The van der Waals surface area contributed by atoms with Crippen LogP contribution in [0.4, 0.5) is 0 Å². The van der Waals surface area contributed by atoms with E-state index in [1.54, 1.807) is 5.57 Å². The second-order valence-electron chi connectivity index (χ2n) is 11.0. The van der Waals surface area contributed by atoms with Crippen LogP contribution in [0.15, 0.2) is 54.3 Å². The molecule has 156 valence electrons. The van der Waals surface area contributed by atoms with Crippen LogP contribution < -0.4 is 0 Å². The van der Waals surface area contributed by atoms with E-state index in [9.17, 15) is 4.79 Å². The number of hydrogen-bond donors (Lipinski definition) is 0. The second-order valence-corrected chi connectivity index (χ2v) is 11.0. The summed E-state index contributed by atoms with van der Waals surface area (Å²) < 4.78 is 2.47. The number of benzene rings is 1. The van der Waals surface area contributed by atoms with Crippen LogP contribution in [0.3, 0.4) is 0 Å². The molecule has 1 aromatic carbocycles. The van der Waals surface area contributed by atoms with E-state index in [1.165, 1.54) is 42.3 Å². The van der Waals surface area contributed by atoms with Crippen LogP contribution in [0.25, 0.3) is 16.6 Å². The standard InChI is InChI=1S/C28H33NO/c1-18-16-20-8-9-21-22-10-11-26(29-15-13-19-6-4-5-7-24(19)29)27(22,2)14-12-23(21)28(20,3)17-25(18)30/h4-8,11,13,15,18,21-23H,9-10,12,14,16-17H2,1-3H3/t18-,21?,22?,23?,27+,28+/m1/s1. The highest BCUT2D eigenvalue weighted by Crippen LogP contribution is 2.65. The predicted octanol–water partition coefficient (Wildman–Crippen LogP) is 6.87. The molecule has 2 aromatic rings. The van der Waals surface area contributed by atoms with Gasteiger partial charge in [-0.25, -0.2) is 0 Å². The number of rotatable bonds is 1. The maximum Gasteiger partial charge on any atom is 0.136 e. The Morgan fingerprint density at radius 2 is 1.83 bits per heavy atom. The molecule has 0 saturated heterocycles. The van der Waals surface area contributed by atoms with Gasteiger partial charge in [-0.1, -0.05) is 56.7 Å². The average Bonchev–Trinajstić information content (AvgIpc) is 3.29. The number of carbonyl (C=O) groups is 1. The van der Waals surface area contributed by atoms with Crippen molar-refractivity contribution < 1.29 is 4.79 Å². The molecule has 1 heterocycles. The lowest BCUT2D eigenvalue weighted by atomic mass is 9.47. The summed E-state index contributed by atoms with van der Waals surface area (Å²) in [5.74, 6) is 2.77. The number of Topliss-reactive ketones (excluding diaryl/α,β-unsaturated/α-hetero) is 1. The van der Waals surface area contributed by atoms with Gasteiger partial charge in [0.25, 0.3) is 0 Å². The first kappa shape index (κ1) is 18.7. The monoisotopic (exact) mass is 399 g/mol. The lowest BCUT2D eigenvalue weighted by Crippen LogP contribution is -2.50. The molecule has 2 nitrogen and oxygen atoms in total. The summed E-state index contributed by atoms with van der Waals surface area (Å²) in [6.45, 7) is 7.07. The topological polar surface area (TPSA) is 22.0 Å². The zero-order valence-corrected chi connectivity index (χ0v) is 18.5. The van der Waals surface area contributed by atoms with Crippen LogP contribution in [0.2, 0.25) is 0 Å². The van der Waals surface area contributed by atoms with Gasteiger partial charge in [-0.05, 0) is 72.8 Å². The summed E-state index contributed by atoms with van der Waals surface area (Å²) in [6.07, 6.45) is 14.0. The number of aromatic nitrogens is 1. The minimum absolute atomic E-state index is 0.108. The first-order valence-corrected chi connectivity index (χ1v) is 11.9. The number of hydrogen-bond acceptors (Lipinski definition) is 1. The van der Waals surface area contributed by atoms with E-state index >= 15 is 0 Å². The van der Waals surface area contributed by atoms with Crippen molar-refractivity contribution in [1.82, 2.24) is 4.57 Å². The van der Waals surface area contributed by atoms with Gasteiger partial charge in [0, 0.05) is 29.6 Å². The molecule has 1 aromatic heterocycles. The fraction of sp³-hybridized carbons (Fsp3) is 0.536. The highest BCUT2D eigenvalue weighted by atomic mass is 16.1. The number of allylic oxidation sites excluding steroid dienone is 4. The van der Waals surface area contributed by atoms with Crippen LogP contribution in [-0.2, 0) is 4.79 Å². The molecule has 2 fully saturated rings. The maximum atomic E-state index is 12.7. The Morgan fingerprint density at radius 3 is 2.70 bits per heavy atom. The third-order valence-electron chi connectivity index (χ3n) is 9.64. The van der Waals surface area contributed by atoms with Crippen LogP contribution in [0.5, 0.6) is 0 Å². The van der Waals surface area contributed by atoms with Crippen molar-refractivity contribution in [2.45, 2.75) is 59.3 Å². The third kappa shape index (κ3) is 2.34. The van der Waals surface area contributed by atoms with Gasteiger partial charge in [0.05, 0.1) is 5.52 Å². The summed E-state index contributed by atoms with van der Waals surface area (Å²) in [6, 6.07) is 11.0. The van der Waals surface area contributed by atoms with E-state index in [1.807, 2.05) is 0 Å². The molecule has 0 aliphatic heterocycles. The molecule has 0 N–H and O–H groups in total. The molecule has 4 aliphatic carbocycles. The summed E-state index contributed by atoms with van der Waals surface area (Å²) in [5, 5.41) is 1.33. The van der Waals surface area contributed by atoms with Gasteiger partial charge >= 0.3 is 0 Å². The van der Waals surface area contributed by atoms with Crippen molar-refractivity contribution in [2.24, 2.45) is 34.5 Å². The number of ketones is 1. The lowest BCUT2D eigenvalue weighted by Gasteiger charge is -2.57. The molecule has 0 radical (unpaired) electrons. The van der Waals surface area contributed by atoms with Crippen LogP contribution in [0.1, 0.15) is 59.3 Å². The predicted molar refractivity (Wildman–Crippen MR) is 123 cm³/mol. The second kappa shape index (κ2) is 6.22. The van der Waals surface area contributed by atoms with Gasteiger partial charge in [0.15, 0.2) is 0 Å². The summed E-state index contributed by atoms with van der Waals surface area (Å²) in [5.41, 5.74) is 4.78. The van der Waals surface area contributed by atoms with Crippen molar-refractivity contribution >= 4 is 22.4 Å². The van der Waals surface area contributed by atoms with Gasteiger partial charge in [-0.15, -0.1) is 0 Å². The molecule has 0 amide bonds. The fourth-order valence-electron chi connectivity index (χ4n) is 7.91. The van der Waals surface area contributed by atoms with E-state index in [2.05, 4.69) is 74.0 Å². The van der Waals surface area contributed by atoms with Gasteiger partial charge in [-0.3, -0.25) is 4.79 Å². The van der Waals surface area contributed by atoms with Crippen LogP contribution in [-0.4, -0.2) is 10.4 Å². The molecule has 30 heavy (non-hydrogen) atoms. The molecular weight excluding hydrogens is 366 g/mol. The van der Waals surface area contributed by atoms with Gasteiger partial charge in [0.1, 0.15) is 5.78 Å². The van der Waals surface area contributed by atoms with Gasteiger partial charge in [0.2, 0.25) is 0 Å². The molecule has 4 aliphatic rings. The van der Waals surface area contributed by atoms with Crippen molar-refractivity contribution in [3.63, 3.8) is 0 Å². The molecule has 3 unspecified atom stereocenters. The Bertz CT molecular complexity index is 1100. The first-order valence-electron chi connectivity index (χ1n) is 11.9. The zero-order valence-electron chi connectivity index (χ0n) is 18.5. The van der Waals surface area contributed by atoms with E-state index in [-0.39, 0.29) is 16.7 Å². The number of nitrogens with zero attached hydrogens (tertiary/aromatic N) is 1. The molecule has 2 heteroatoms. The molecule has 0 spiro atoms. The molecule has 6 atom stereocenters. The van der Waals surface area contributed by atoms with Crippen molar-refractivity contribution in [1.29, 1.82) is 0 Å². The Kier molecular flexibility index (Phi) is 3.87. The largest absolute Gasteiger partial charge is 0.320 e. The van der Waals surface area contributed by atoms with Crippen molar-refractivity contribution in [2.75, 3.05) is 0 Å². The van der Waals surface area contributed by atoms with E-state index < -0.39 is 0 Å². The highest BCUT2D eigenvalue weighted by molar-refractivity contribution is 5.85.